The molecule has 0 saturated carbocycles. The molecule has 0 spiro atoms. The Morgan fingerprint density at radius 2 is 2.17 bits per heavy atom. The molecule has 0 saturated heterocycles. The van der Waals surface area contributed by atoms with Crippen LogP contribution >= 0.6 is 38.9 Å². The van der Waals surface area contributed by atoms with E-state index in [9.17, 15) is 8.42 Å². The minimum absolute atomic E-state index is 0.109. The number of aromatic nitrogens is 1. The number of nitrogens with zero attached hydrogens (tertiary/aromatic N) is 1. The summed E-state index contributed by atoms with van der Waals surface area (Å²) in [6, 6.07) is 4.41. The van der Waals surface area contributed by atoms with Crippen molar-refractivity contribution < 1.29 is 8.42 Å². The molecule has 5 nitrogen and oxygen atoms in total. The van der Waals surface area contributed by atoms with Crippen LogP contribution in [0.1, 0.15) is 0 Å². The molecule has 0 aliphatic carbocycles. The highest BCUT2D eigenvalue weighted by Gasteiger charge is 2.19. The van der Waals surface area contributed by atoms with Crippen molar-refractivity contribution >= 4 is 60.4 Å². The second-order valence-electron chi connectivity index (χ2n) is 3.27. The minimum Gasteiger partial charge on any atom is -0.397 e. The van der Waals surface area contributed by atoms with Crippen LogP contribution in [0.2, 0.25) is 5.02 Å². The molecule has 0 unspecified atom stereocenters. The van der Waals surface area contributed by atoms with E-state index in [0.717, 1.165) is 11.3 Å². The average Bonchev–Trinajstić information content (AvgIpc) is 2.63. The van der Waals surface area contributed by atoms with Gasteiger partial charge in [0.15, 0.2) is 0 Å². The van der Waals surface area contributed by atoms with Gasteiger partial charge >= 0.3 is 0 Å². The van der Waals surface area contributed by atoms with Gasteiger partial charge in [-0.05, 0) is 34.1 Å². The Labute approximate surface area is 121 Å². The first-order valence-electron chi connectivity index (χ1n) is 4.57. The second-order valence-corrected chi connectivity index (χ2v) is 7.96. The first kappa shape index (κ1) is 13.6. The monoisotopic (exact) mass is 367 g/mol. The molecule has 0 radical (unpaired) electrons. The molecule has 18 heavy (non-hydrogen) atoms. The van der Waals surface area contributed by atoms with Gasteiger partial charge in [0, 0.05) is 0 Å². The van der Waals surface area contributed by atoms with Gasteiger partial charge < -0.3 is 5.73 Å². The Kier molecular flexibility index (Phi) is 3.81. The number of halogens is 2. The molecule has 0 aliphatic rings. The maximum atomic E-state index is 12.0. The van der Waals surface area contributed by atoms with Crippen molar-refractivity contribution in [3.05, 3.63) is 33.2 Å². The highest BCUT2D eigenvalue weighted by atomic mass is 79.9. The van der Waals surface area contributed by atoms with E-state index < -0.39 is 10.0 Å². The zero-order valence-corrected chi connectivity index (χ0v) is 12.7. The highest BCUT2D eigenvalue weighted by molar-refractivity contribution is 9.11. The molecule has 0 amide bonds. The van der Waals surface area contributed by atoms with Gasteiger partial charge in [0.05, 0.1) is 20.7 Å². The topological polar surface area (TPSA) is 85.1 Å². The molecular weight excluding hydrogens is 362 g/mol. The van der Waals surface area contributed by atoms with E-state index in [0.29, 0.717) is 14.5 Å². The zero-order chi connectivity index (χ0) is 13.3. The Morgan fingerprint density at radius 1 is 1.44 bits per heavy atom. The summed E-state index contributed by atoms with van der Waals surface area (Å²) in [6.07, 6.45) is 1.37. The standard InChI is InChI=1S/C9H7BrClN3O2S2/c10-9-6(11)3-8(17-9)18(15,16)14-7-2-1-5(12)4-13-7/h1-4H,12H2,(H,13,14). The molecule has 3 N–H and O–H groups in total. The number of hydrogen-bond donors (Lipinski definition) is 2. The fourth-order valence-corrected chi connectivity index (χ4v) is 4.52. The zero-order valence-electron chi connectivity index (χ0n) is 8.72. The van der Waals surface area contributed by atoms with Crippen LogP contribution in [-0.4, -0.2) is 13.4 Å². The normalized spacial score (nSPS) is 11.4. The molecule has 2 aromatic heterocycles. The van der Waals surface area contributed by atoms with E-state index in [1.807, 2.05) is 0 Å². The number of anilines is 2. The maximum absolute atomic E-state index is 12.0. The number of hydrogen-bond acceptors (Lipinski definition) is 5. The van der Waals surface area contributed by atoms with E-state index in [1.165, 1.54) is 18.3 Å². The molecule has 2 aromatic rings. The molecule has 96 valence electrons. The summed E-state index contributed by atoms with van der Waals surface area (Å²) in [5.41, 5.74) is 5.92. The SMILES string of the molecule is Nc1ccc(NS(=O)(=O)c2cc(Cl)c(Br)s2)nc1. The summed E-state index contributed by atoms with van der Waals surface area (Å²) in [5, 5.41) is 0.352. The summed E-state index contributed by atoms with van der Waals surface area (Å²) in [5.74, 6) is 0.199. The summed E-state index contributed by atoms with van der Waals surface area (Å²) in [7, 11) is -3.68. The van der Waals surface area contributed by atoms with Crippen LogP contribution in [0.5, 0.6) is 0 Å². The van der Waals surface area contributed by atoms with Gasteiger partial charge in [0.2, 0.25) is 0 Å². The van der Waals surface area contributed by atoms with Gasteiger partial charge in [-0.25, -0.2) is 13.4 Å². The lowest BCUT2D eigenvalue weighted by atomic mass is 10.4. The van der Waals surface area contributed by atoms with Gasteiger partial charge in [-0.1, -0.05) is 11.6 Å². The maximum Gasteiger partial charge on any atom is 0.272 e. The van der Waals surface area contributed by atoms with Crippen molar-refractivity contribution in [1.82, 2.24) is 4.98 Å². The van der Waals surface area contributed by atoms with Crippen molar-refractivity contribution in [3.8, 4) is 0 Å². The lowest BCUT2D eigenvalue weighted by molar-refractivity contribution is 0.603. The quantitative estimate of drug-likeness (QED) is 0.872. The van der Waals surface area contributed by atoms with E-state index in [2.05, 4.69) is 25.6 Å². The van der Waals surface area contributed by atoms with Crippen molar-refractivity contribution in [2.45, 2.75) is 4.21 Å². The predicted molar refractivity (Wildman–Crippen MR) is 76.5 cm³/mol. The van der Waals surface area contributed by atoms with Crippen LogP contribution in [0.4, 0.5) is 11.5 Å². The number of rotatable bonds is 3. The third kappa shape index (κ3) is 2.94. The first-order chi connectivity index (χ1) is 8.38. The molecule has 2 heterocycles. The smallest absolute Gasteiger partial charge is 0.272 e. The lowest BCUT2D eigenvalue weighted by Gasteiger charge is -2.04. The molecule has 0 atom stereocenters. The van der Waals surface area contributed by atoms with Crippen molar-refractivity contribution in [1.29, 1.82) is 0 Å². The fourth-order valence-electron chi connectivity index (χ4n) is 1.11. The van der Waals surface area contributed by atoms with Crippen LogP contribution in [0.3, 0.4) is 0 Å². The molecule has 9 heteroatoms. The highest BCUT2D eigenvalue weighted by Crippen LogP contribution is 2.35. The largest absolute Gasteiger partial charge is 0.397 e. The average molecular weight is 369 g/mol. The Morgan fingerprint density at radius 3 is 2.67 bits per heavy atom. The van der Waals surface area contributed by atoms with Gasteiger partial charge in [0.25, 0.3) is 10.0 Å². The van der Waals surface area contributed by atoms with Gasteiger partial charge in [-0.15, -0.1) is 11.3 Å². The molecule has 0 fully saturated rings. The van der Waals surface area contributed by atoms with E-state index in [4.69, 9.17) is 17.3 Å². The van der Waals surface area contributed by atoms with Crippen LogP contribution in [0.15, 0.2) is 32.4 Å². The molecule has 2 rings (SSSR count). The van der Waals surface area contributed by atoms with Crippen LogP contribution in [-0.2, 0) is 10.0 Å². The number of sulfonamides is 1. The summed E-state index contributed by atoms with van der Waals surface area (Å²) >= 11 is 9.99. The summed E-state index contributed by atoms with van der Waals surface area (Å²) in [4.78, 5) is 3.86. The van der Waals surface area contributed by atoms with Crippen LogP contribution in [0, 0.1) is 0 Å². The number of nitrogens with one attached hydrogen (secondary N) is 1. The number of pyridine rings is 1. The first-order valence-corrected chi connectivity index (χ1v) is 8.05. The predicted octanol–water partition coefficient (Wildman–Crippen LogP) is 2.94. The molecular formula is C9H7BrClN3O2S2. The van der Waals surface area contributed by atoms with E-state index in [-0.39, 0.29) is 10.0 Å². The third-order valence-corrected chi connectivity index (χ3v) is 6.22. The summed E-state index contributed by atoms with van der Waals surface area (Å²) < 4.78 is 27.0. The lowest BCUT2D eigenvalue weighted by Crippen LogP contribution is -2.12. The van der Waals surface area contributed by atoms with Crippen molar-refractivity contribution in [3.63, 3.8) is 0 Å². The Bertz CT molecular complexity index is 650. The van der Waals surface area contributed by atoms with E-state index in [1.54, 1.807) is 6.07 Å². The Hall–Kier alpha value is -0.830. The third-order valence-electron chi connectivity index (χ3n) is 1.91. The molecule has 0 aromatic carbocycles. The fraction of sp³-hybridized carbons (Fsp3) is 0. The number of nitrogens with two attached hydrogens (primary N) is 1. The van der Waals surface area contributed by atoms with Gasteiger partial charge in [0.1, 0.15) is 10.0 Å². The minimum atomic E-state index is -3.68. The molecule has 0 bridgehead atoms. The van der Waals surface area contributed by atoms with Gasteiger partial charge in [-0.3, -0.25) is 4.72 Å². The second kappa shape index (κ2) is 5.04. The van der Waals surface area contributed by atoms with Crippen molar-refractivity contribution in [2.24, 2.45) is 0 Å². The summed E-state index contributed by atoms with van der Waals surface area (Å²) in [6.45, 7) is 0. The van der Waals surface area contributed by atoms with Crippen LogP contribution < -0.4 is 10.5 Å². The Balaban J connectivity index is 2.29. The van der Waals surface area contributed by atoms with Crippen molar-refractivity contribution in [2.75, 3.05) is 10.5 Å². The van der Waals surface area contributed by atoms with Crippen LogP contribution in [0.25, 0.3) is 0 Å². The number of nitrogen functional groups attached to an aromatic ring is 1. The molecule has 0 aliphatic heterocycles. The van der Waals surface area contributed by atoms with Gasteiger partial charge in [-0.2, -0.15) is 0 Å². The number of thiophene rings is 1. The van der Waals surface area contributed by atoms with E-state index >= 15 is 0 Å².